The maximum Gasteiger partial charge on any atom is 0.191 e. The topological polar surface area (TPSA) is 64.1 Å². The number of rotatable bonds is 10. The SMILES string of the molecule is CCNC(=NCc1cccc(OC)c1OC)NCC1(CCOC)CCCC1.I. The number of benzene rings is 1. The first kappa shape index (κ1) is 24.8. The van der Waals surface area contributed by atoms with Crippen LogP contribution >= 0.6 is 24.0 Å². The van der Waals surface area contributed by atoms with Gasteiger partial charge in [0.1, 0.15) is 0 Å². The molecule has 6 nitrogen and oxygen atoms in total. The number of para-hydroxylation sites is 1. The molecule has 28 heavy (non-hydrogen) atoms. The van der Waals surface area contributed by atoms with Crippen molar-refractivity contribution in [2.75, 3.05) is 41.0 Å². The summed E-state index contributed by atoms with van der Waals surface area (Å²) in [5.41, 5.74) is 1.32. The Balaban J connectivity index is 0.00000392. The smallest absolute Gasteiger partial charge is 0.191 e. The summed E-state index contributed by atoms with van der Waals surface area (Å²) in [5, 5.41) is 6.91. The molecule has 7 heteroatoms. The number of guanidine groups is 1. The van der Waals surface area contributed by atoms with Crippen molar-refractivity contribution >= 4 is 29.9 Å². The summed E-state index contributed by atoms with van der Waals surface area (Å²) in [5.74, 6) is 2.31. The molecule has 1 aliphatic rings. The zero-order valence-corrected chi connectivity index (χ0v) is 20.0. The molecule has 1 aliphatic carbocycles. The quantitative estimate of drug-likeness (QED) is 0.286. The minimum absolute atomic E-state index is 0. The minimum atomic E-state index is 0. The first-order chi connectivity index (χ1) is 13.2. The first-order valence-corrected chi connectivity index (χ1v) is 9.89. The number of aliphatic imine (C=N–C) groups is 1. The van der Waals surface area contributed by atoms with Crippen LogP contribution in [0.3, 0.4) is 0 Å². The minimum Gasteiger partial charge on any atom is -0.493 e. The van der Waals surface area contributed by atoms with Crippen molar-refractivity contribution in [2.45, 2.75) is 45.6 Å². The van der Waals surface area contributed by atoms with Gasteiger partial charge in [0.25, 0.3) is 0 Å². The molecule has 2 rings (SSSR count). The number of hydrogen-bond donors (Lipinski definition) is 2. The lowest BCUT2D eigenvalue weighted by atomic mass is 9.83. The molecule has 1 saturated carbocycles. The molecule has 0 atom stereocenters. The Morgan fingerprint density at radius 2 is 1.86 bits per heavy atom. The molecule has 0 spiro atoms. The molecular weight excluding hydrogens is 469 g/mol. The largest absolute Gasteiger partial charge is 0.493 e. The van der Waals surface area contributed by atoms with Crippen molar-refractivity contribution in [3.63, 3.8) is 0 Å². The van der Waals surface area contributed by atoms with E-state index in [1.54, 1.807) is 21.3 Å². The number of methoxy groups -OCH3 is 3. The van der Waals surface area contributed by atoms with Gasteiger partial charge in [0.2, 0.25) is 0 Å². The molecule has 0 aliphatic heterocycles. The van der Waals surface area contributed by atoms with E-state index in [0.717, 1.165) is 49.1 Å². The van der Waals surface area contributed by atoms with Gasteiger partial charge in [0.05, 0.1) is 20.8 Å². The highest BCUT2D eigenvalue weighted by atomic mass is 127. The Kier molecular flexibility index (Phi) is 11.6. The molecule has 2 N–H and O–H groups in total. The Hall–Kier alpha value is -1.22. The van der Waals surface area contributed by atoms with Crippen molar-refractivity contribution in [1.82, 2.24) is 10.6 Å². The highest BCUT2D eigenvalue weighted by Gasteiger charge is 2.33. The molecule has 0 amide bonds. The number of ether oxygens (including phenoxy) is 3. The summed E-state index contributed by atoms with van der Waals surface area (Å²) in [6.07, 6.45) is 6.22. The average Bonchev–Trinajstić information content (AvgIpc) is 3.17. The van der Waals surface area contributed by atoms with Gasteiger partial charge < -0.3 is 24.8 Å². The fraction of sp³-hybridized carbons (Fsp3) is 0.667. The van der Waals surface area contributed by atoms with Crippen LogP contribution in [0.4, 0.5) is 0 Å². The van der Waals surface area contributed by atoms with Gasteiger partial charge in [-0.15, -0.1) is 24.0 Å². The van der Waals surface area contributed by atoms with Crippen molar-refractivity contribution in [3.8, 4) is 11.5 Å². The lowest BCUT2D eigenvalue weighted by Gasteiger charge is -2.30. The normalized spacial score (nSPS) is 15.6. The molecule has 0 radical (unpaired) electrons. The third kappa shape index (κ3) is 6.99. The van der Waals surface area contributed by atoms with Gasteiger partial charge in [-0.25, -0.2) is 4.99 Å². The van der Waals surface area contributed by atoms with Crippen LogP contribution in [0.2, 0.25) is 0 Å². The highest BCUT2D eigenvalue weighted by Crippen LogP contribution is 2.40. The molecule has 1 fully saturated rings. The summed E-state index contributed by atoms with van der Waals surface area (Å²) in [6, 6.07) is 5.88. The van der Waals surface area contributed by atoms with Crippen molar-refractivity contribution in [1.29, 1.82) is 0 Å². The van der Waals surface area contributed by atoms with Crippen LogP contribution in [0.1, 0.15) is 44.6 Å². The zero-order valence-electron chi connectivity index (χ0n) is 17.7. The summed E-state index contributed by atoms with van der Waals surface area (Å²) >= 11 is 0. The molecule has 0 saturated heterocycles. The number of halogens is 1. The van der Waals surface area contributed by atoms with E-state index in [-0.39, 0.29) is 24.0 Å². The van der Waals surface area contributed by atoms with Crippen molar-refractivity contribution in [3.05, 3.63) is 23.8 Å². The van der Waals surface area contributed by atoms with E-state index in [1.807, 2.05) is 18.2 Å². The van der Waals surface area contributed by atoms with E-state index in [2.05, 4.69) is 17.6 Å². The lowest BCUT2D eigenvalue weighted by molar-refractivity contribution is 0.138. The van der Waals surface area contributed by atoms with Gasteiger partial charge >= 0.3 is 0 Å². The van der Waals surface area contributed by atoms with Crippen LogP contribution in [-0.4, -0.2) is 47.0 Å². The van der Waals surface area contributed by atoms with Crippen LogP contribution in [0.5, 0.6) is 11.5 Å². The third-order valence-corrected chi connectivity index (χ3v) is 5.37. The molecule has 1 aromatic rings. The second-order valence-electron chi connectivity index (χ2n) is 7.15. The monoisotopic (exact) mass is 505 g/mol. The number of hydrogen-bond acceptors (Lipinski definition) is 4. The van der Waals surface area contributed by atoms with Crippen LogP contribution in [0, 0.1) is 5.41 Å². The lowest BCUT2D eigenvalue weighted by Crippen LogP contribution is -2.43. The maximum absolute atomic E-state index is 5.51. The predicted molar refractivity (Wildman–Crippen MR) is 125 cm³/mol. The standard InChI is InChI=1S/C21H35N3O3.HI/c1-5-22-20(24-16-21(13-14-25-2)11-6-7-12-21)23-15-17-9-8-10-18(26-3)19(17)27-4;/h8-10H,5-7,11-16H2,1-4H3,(H2,22,23,24);1H. The Morgan fingerprint density at radius 3 is 2.46 bits per heavy atom. The highest BCUT2D eigenvalue weighted by molar-refractivity contribution is 14.0. The molecule has 0 aromatic heterocycles. The molecule has 0 heterocycles. The van der Waals surface area contributed by atoms with Crippen LogP contribution in [-0.2, 0) is 11.3 Å². The van der Waals surface area contributed by atoms with Gasteiger partial charge in [0, 0.05) is 32.4 Å². The number of nitrogens with one attached hydrogen (secondary N) is 2. The fourth-order valence-electron chi connectivity index (χ4n) is 3.81. The molecular formula is C21H36IN3O3. The average molecular weight is 505 g/mol. The van der Waals surface area contributed by atoms with Crippen LogP contribution < -0.4 is 20.1 Å². The summed E-state index contributed by atoms with van der Waals surface area (Å²) in [6.45, 7) is 5.18. The summed E-state index contributed by atoms with van der Waals surface area (Å²) < 4.78 is 16.2. The van der Waals surface area contributed by atoms with Gasteiger partial charge in [-0.05, 0) is 37.7 Å². The fourth-order valence-corrected chi connectivity index (χ4v) is 3.81. The van der Waals surface area contributed by atoms with E-state index < -0.39 is 0 Å². The molecule has 160 valence electrons. The van der Waals surface area contributed by atoms with Gasteiger partial charge in [-0.1, -0.05) is 25.0 Å². The first-order valence-electron chi connectivity index (χ1n) is 9.89. The van der Waals surface area contributed by atoms with E-state index in [9.17, 15) is 0 Å². The molecule has 0 bridgehead atoms. The van der Waals surface area contributed by atoms with Crippen molar-refractivity contribution < 1.29 is 14.2 Å². The van der Waals surface area contributed by atoms with Crippen LogP contribution in [0.15, 0.2) is 23.2 Å². The van der Waals surface area contributed by atoms with E-state index in [1.165, 1.54) is 25.7 Å². The number of nitrogens with zero attached hydrogens (tertiary/aromatic N) is 1. The molecule has 1 aromatic carbocycles. The Labute approximate surface area is 186 Å². The van der Waals surface area contributed by atoms with Gasteiger partial charge in [-0.2, -0.15) is 0 Å². The Morgan fingerprint density at radius 1 is 1.11 bits per heavy atom. The summed E-state index contributed by atoms with van der Waals surface area (Å²) in [4.78, 5) is 4.77. The van der Waals surface area contributed by atoms with Gasteiger partial charge in [-0.3, -0.25) is 0 Å². The van der Waals surface area contributed by atoms with Crippen LogP contribution in [0.25, 0.3) is 0 Å². The third-order valence-electron chi connectivity index (χ3n) is 5.37. The van der Waals surface area contributed by atoms with E-state index in [4.69, 9.17) is 19.2 Å². The molecule has 0 unspecified atom stereocenters. The predicted octanol–water partition coefficient (Wildman–Crippen LogP) is 3.97. The van der Waals surface area contributed by atoms with Gasteiger partial charge in [0.15, 0.2) is 17.5 Å². The Bertz CT molecular complexity index is 605. The van der Waals surface area contributed by atoms with E-state index in [0.29, 0.717) is 12.0 Å². The summed E-state index contributed by atoms with van der Waals surface area (Å²) in [7, 11) is 5.09. The maximum atomic E-state index is 5.51. The second kappa shape index (κ2) is 13.1. The van der Waals surface area contributed by atoms with E-state index >= 15 is 0 Å². The zero-order chi connectivity index (χ0) is 19.5. The van der Waals surface area contributed by atoms with Crippen molar-refractivity contribution in [2.24, 2.45) is 10.4 Å². The second-order valence-corrected chi connectivity index (χ2v) is 7.15.